The van der Waals surface area contributed by atoms with Crippen LogP contribution in [0.3, 0.4) is 0 Å². The van der Waals surface area contributed by atoms with E-state index in [0.717, 1.165) is 18.9 Å². The van der Waals surface area contributed by atoms with Crippen molar-refractivity contribution in [2.24, 2.45) is 11.1 Å². The van der Waals surface area contributed by atoms with Crippen molar-refractivity contribution in [3.63, 3.8) is 0 Å². The molecular formula is C11H13FN2O2. The predicted octanol–water partition coefficient (Wildman–Crippen LogP) is 2.02. The van der Waals surface area contributed by atoms with Gasteiger partial charge in [-0.3, -0.25) is 10.1 Å². The smallest absolute Gasteiger partial charge is 0.272 e. The summed E-state index contributed by atoms with van der Waals surface area (Å²) in [6.45, 7) is 0.545. The van der Waals surface area contributed by atoms with Crippen LogP contribution in [0.25, 0.3) is 0 Å². The molecule has 16 heavy (non-hydrogen) atoms. The van der Waals surface area contributed by atoms with E-state index in [0.29, 0.717) is 18.5 Å². The van der Waals surface area contributed by atoms with Crippen LogP contribution in [0.1, 0.15) is 18.4 Å². The van der Waals surface area contributed by atoms with E-state index in [1.54, 1.807) is 0 Å². The molecule has 1 aliphatic rings. The number of nitrogens with zero attached hydrogens (tertiary/aromatic N) is 1. The quantitative estimate of drug-likeness (QED) is 0.628. The molecule has 0 heterocycles. The van der Waals surface area contributed by atoms with Gasteiger partial charge in [0.25, 0.3) is 5.69 Å². The first-order chi connectivity index (χ1) is 7.56. The van der Waals surface area contributed by atoms with Gasteiger partial charge < -0.3 is 5.73 Å². The van der Waals surface area contributed by atoms with Crippen LogP contribution in [0.15, 0.2) is 18.2 Å². The minimum atomic E-state index is -0.595. The van der Waals surface area contributed by atoms with Crippen molar-refractivity contribution in [3.8, 4) is 0 Å². The van der Waals surface area contributed by atoms with Crippen molar-refractivity contribution < 1.29 is 9.31 Å². The van der Waals surface area contributed by atoms with Gasteiger partial charge in [0.1, 0.15) is 5.82 Å². The van der Waals surface area contributed by atoms with E-state index in [4.69, 9.17) is 5.73 Å². The zero-order valence-electron chi connectivity index (χ0n) is 8.78. The first-order valence-electron chi connectivity index (χ1n) is 5.19. The van der Waals surface area contributed by atoms with E-state index in [1.807, 2.05) is 0 Å². The summed E-state index contributed by atoms with van der Waals surface area (Å²) < 4.78 is 13.6. The number of rotatable bonds is 4. The molecule has 1 aromatic carbocycles. The van der Waals surface area contributed by atoms with Crippen LogP contribution in [0, 0.1) is 21.3 Å². The fraction of sp³-hybridized carbons (Fsp3) is 0.455. The van der Waals surface area contributed by atoms with Gasteiger partial charge in [0.2, 0.25) is 0 Å². The Kier molecular flexibility index (Phi) is 2.63. The molecule has 1 fully saturated rings. The SMILES string of the molecule is NCC1(Cc2ccc([N+](=O)[O-])cc2F)CC1. The first kappa shape index (κ1) is 11.0. The highest BCUT2D eigenvalue weighted by Crippen LogP contribution is 2.47. The highest BCUT2D eigenvalue weighted by Gasteiger charge is 2.41. The maximum Gasteiger partial charge on any atom is 0.272 e. The second-order valence-corrected chi connectivity index (χ2v) is 4.41. The molecule has 86 valence electrons. The van der Waals surface area contributed by atoms with E-state index in [9.17, 15) is 14.5 Å². The molecule has 1 aliphatic carbocycles. The van der Waals surface area contributed by atoms with E-state index in [-0.39, 0.29) is 11.1 Å². The van der Waals surface area contributed by atoms with Crippen LogP contribution < -0.4 is 5.73 Å². The molecule has 0 saturated heterocycles. The van der Waals surface area contributed by atoms with Crippen LogP contribution in [0.5, 0.6) is 0 Å². The van der Waals surface area contributed by atoms with Crippen LogP contribution in [0.2, 0.25) is 0 Å². The van der Waals surface area contributed by atoms with Gasteiger partial charge in [0, 0.05) is 6.07 Å². The van der Waals surface area contributed by atoms with Crippen molar-refractivity contribution in [1.82, 2.24) is 0 Å². The summed E-state index contributed by atoms with van der Waals surface area (Å²) in [6, 6.07) is 3.80. The molecule has 0 spiro atoms. The molecule has 0 bridgehead atoms. The number of nitro benzene ring substituents is 1. The second kappa shape index (κ2) is 3.83. The number of hydrogen-bond acceptors (Lipinski definition) is 3. The molecule has 1 saturated carbocycles. The average molecular weight is 224 g/mol. The van der Waals surface area contributed by atoms with Crippen molar-refractivity contribution in [2.45, 2.75) is 19.3 Å². The number of hydrogen-bond donors (Lipinski definition) is 1. The minimum absolute atomic E-state index is 0.0387. The van der Waals surface area contributed by atoms with Crippen molar-refractivity contribution >= 4 is 5.69 Å². The number of halogens is 1. The van der Waals surface area contributed by atoms with Crippen LogP contribution in [-0.4, -0.2) is 11.5 Å². The summed E-state index contributed by atoms with van der Waals surface area (Å²) in [5.74, 6) is -0.506. The summed E-state index contributed by atoms with van der Waals surface area (Å²) >= 11 is 0. The number of nitro groups is 1. The zero-order chi connectivity index (χ0) is 11.8. The Morgan fingerprint density at radius 2 is 2.19 bits per heavy atom. The van der Waals surface area contributed by atoms with Crippen molar-refractivity contribution in [2.75, 3.05) is 6.54 Å². The van der Waals surface area contributed by atoms with Crippen LogP contribution in [0.4, 0.5) is 10.1 Å². The maximum absolute atomic E-state index is 13.6. The number of benzene rings is 1. The lowest BCUT2D eigenvalue weighted by Gasteiger charge is -2.12. The molecule has 0 amide bonds. The third-order valence-corrected chi connectivity index (χ3v) is 3.20. The molecule has 4 nitrogen and oxygen atoms in total. The Bertz CT molecular complexity index is 430. The fourth-order valence-corrected chi connectivity index (χ4v) is 1.83. The summed E-state index contributed by atoms with van der Waals surface area (Å²) in [4.78, 5) is 9.84. The topological polar surface area (TPSA) is 69.2 Å². The van der Waals surface area contributed by atoms with Gasteiger partial charge in [-0.05, 0) is 42.9 Å². The maximum atomic E-state index is 13.6. The van der Waals surface area contributed by atoms with Crippen LogP contribution in [-0.2, 0) is 6.42 Å². The lowest BCUT2D eigenvalue weighted by Crippen LogP contribution is -2.18. The van der Waals surface area contributed by atoms with Gasteiger partial charge in [-0.25, -0.2) is 4.39 Å². The van der Waals surface area contributed by atoms with E-state index in [1.165, 1.54) is 12.1 Å². The zero-order valence-corrected chi connectivity index (χ0v) is 8.78. The monoisotopic (exact) mass is 224 g/mol. The van der Waals surface area contributed by atoms with Gasteiger partial charge in [-0.15, -0.1) is 0 Å². The Morgan fingerprint density at radius 1 is 1.50 bits per heavy atom. The highest BCUT2D eigenvalue weighted by molar-refractivity contribution is 5.35. The van der Waals surface area contributed by atoms with Gasteiger partial charge in [0.15, 0.2) is 0 Å². The lowest BCUT2D eigenvalue weighted by atomic mass is 9.96. The van der Waals surface area contributed by atoms with Gasteiger partial charge in [-0.1, -0.05) is 0 Å². The summed E-state index contributed by atoms with van der Waals surface area (Å²) in [6.07, 6.45) is 2.60. The molecule has 0 radical (unpaired) electrons. The molecule has 2 N–H and O–H groups in total. The molecule has 0 aliphatic heterocycles. The van der Waals surface area contributed by atoms with Crippen LogP contribution >= 0.6 is 0 Å². The molecule has 5 heteroatoms. The van der Waals surface area contributed by atoms with Crippen molar-refractivity contribution in [3.05, 3.63) is 39.7 Å². The van der Waals surface area contributed by atoms with Gasteiger partial charge in [0.05, 0.1) is 11.0 Å². The largest absolute Gasteiger partial charge is 0.330 e. The number of nitrogens with two attached hydrogens (primary N) is 1. The van der Waals surface area contributed by atoms with E-state index >= 15 is 0 Å². The van der Waals surface area contributed by atoms with Crippen molar-refractivity contribution in [1.29, 1.82) is 0 Å². The molecular weight excluding hydrogens is 211 g/mol. The normalized spacial score (nSPS) is 17.1. The lowest BCUT2D eigenvalue weighted by molar-refractivity contribution is -0.385. The predicted molar refractivity (Wildman–Crippen MR) is 57.5 cm³/mol. The molecule has 1 aromatic rings. The average Bonchev–Trinajstić information content (AvgIpc) is 3.01. The Morgan fingerprint density at radius 3 is 2.62 bits per heavy atom. The Balaban J connectivity index is 2.20. The second-order valence-electron chi connectivity index (χ2n) is 4.41. The summed E-state index contributed by atoms with van der Waals surface area (Å²) in [7, 11) is 0. The third kappa shape index (κ3) is 2.04. The van der Waals surface area contributed by atoms with Gasteiger partial charge in [-0.2, -0.15) is 0 Å². The molecule has 0 unspecified atom stereocenters. The van der Waals surface area contributed by atoms with Gasteiger partial charge >= 0.3 is 0 Å². The van der Waals surface area contributed by atoms with E-state index < -0.39 is 10.7 Å². The molecule has 0 atom stereocenters. The Labute approximate surface area is 92.4 Å². The summed E-state index contributed by atoms with van der Waals surface area (Å²) in [5.41, 5.74) is 5.97. The summed E-state index contributed by atoms with van der Waals surface area (Å²) in [5, 5.41) is 10.4. The fourth-order valence-electron chi connectivity index (χ4n) is 1.83. The third-order valence-electron chi connectivity index (χ3n) is 3.20. The first-order valence-corrected chi connectivity index (χ1v) is 5.19. The standard InChI is InChI=1S/C11H13FN2O2/c12-10-5-9(14(15)16)2-1-8(10)6-11(7-13)3-4-11/h1-2,5H,3-4,6-7,13H2. The molecule has 0 aromatic heterocycles. The Hall–Kier alpha value is -1.49. The highest BCUT2D eigenvalue weighted by atomic mass is 19.1. The molecule has 2 rings (SSSR count). The number of non-ortho nitro benzene ring substituents is 1. The van der Waals surface area contributed by atoms with E-state index in [2.05, 4.69) is 0 Å². The minimum Gasteiger partial charge on any atom is -0.330 e.